The summed E-state index contributed by atoms with van der Waals surface area (Å²) in [6, 6.07) is 71.6. The van der Waals surface area contributed by atoms with E-state index in [9.17, 15) is 0 Å². The van der Waals surface area contributed by atoms with Gasteiger partial charge in [0.25, 0.3) is 0 Å². The number of rotatable bonds is 5. The third-order valence-corrected chi connectivity index (χ3v) is 13.2. The van der Waals surface area contributed by atoms with E-state index in [0.717, 1.165) is 49.8 Å². The SMILES string of the molecule is c1ccc(-c2cccc(-c3nc(-c4ccccc4)nc(-c4ccc5c(c4)C4(c6cc(-c7ccc8cccnc8c7)ccc6S5)c5ccccc5-c5ccccc54)n3)c2)cc1. The van der Waals surface area contributed by atoms with Crippen molar-refractivity contribution in [3.63, 3.8) is 0 Å². The van der Waals surface area contributed by atoms with Gasteiger partial charge in [-0.15, -0.1) is 0 Å². The molecule has 4 nitrogen and oxygen atoms in total. The lowest BCUT2D eigenvalue weighted by atomic mass is 9.66. The van der Waals surface area contributed by atoms with Crippen molar-refractivity contribution in [2.75, 3.05) is 0 Å². The number of nitrogens with zero attached hydrogens (tertiary/aromatic N) is 4. The number of hydrogen-bond acceptors (Lipinski definition) is 5. The van der Waals surface area contributed by atoms with Gasteiger partial charge >= 0.3 is 0 Å². The second-order valence-corrected chi connectivity index (χ2v) is 16.5. The lowest BCUT2D eigenvalue weighted by Gasteiger charge is -2.40. The van der Waals surface area contributed by atoms with Crippen molar-refractivity contribution in [1.29, 1.82) is 0 Å². The van der Waals surface area contributed by atoms with Crippen molar-refractivity contribution in [2.45, 2.75) is 15.2 Å². The fraction of sp³-hybridized carbons (Fsp3) is 0.0182. The molecule has 0 atom stereocenters. The smallest absolute Gasteiger partial charge is 0.164 e. The molecule has 1 aliphatic heterocycles. The third-order valence-electron chi connectivity index (χ3n) is 12.0. The summed E-state index contributed by atoms with van der Waals surface area (Å²) in [5, 5.41) is 1.13. The van der Waals surface area contributed by atoms with Crippen molar-refractivity contribution >= 4 is 22.7 Å². The van der Waals surface area contributed by atoms with Crippen LogP contribution in [0, 0.1) is 0 Å². The molecule has 10 aromatic rings. The first-order chi connectivity index (χ1) is 29.7. The fourth-order valence-electron chi connectivity index (χ4n) is 9.29. The van der Waals surface area contributed by atoms with Gasteiger partial charge in [0.15, 0.2) is 17.5 Å². The van der Waals surface area contributed by atoms with Crippen LogP contribution in [-0.2, 0) is 5.41 Å². The molecule has 3 heterocycles. The van der Waals surface area contributed by atoms with Crippen LogP contribution in [0.1, 0.15) is 22.3 Å². The van der Waals surface area contributed by atoms with Crippen LogP contribution >= 0.6 is 11.8 Å². The van der Waals surface area contributed by atoms with Gasteiger partial charge in [0, 0.05) is 38.1 Å². The Labute approximate surface area is 352 Å². The topological polar surface area (TPSA) is 51.6 Å². The molecule has 0 fully saturated rings. The minimum absolute atomic E-state index is 0.591. The van der Waals surface area contributed by atoms with E-state index >= 15 is 0 Å². The first kappa shape index (κ1) is 34.6. The average molecular weight is 783 g/mol. The Morgan fingerprint density at radius 1 is 0.333 bits per heavy atom. The van der Waals surface area contributed by atoms with Crippen LogP contribution in [0.15, 0.2) is 216 Å². The summed E-state index contributed by atoms with van der Waals surface area (Å²) in [5.74, 6) is 1.91. The standard InChI is InChI=1S/C55H34N4S/c1-3-13-35(14-4-1)38-17-11-18-41(31-38)53-57-52(37-15-5-2-6-16-37)58-54(59-53)42-27-29-51-48(33-42)55(45-22-9-7-20-43(45)44-21-8-10-23-46(44)55)47-32-39(26-28-50(47)60-51)40-25-24-36-19-12-30-56-49(36)34-40/h1-34H. The van der Waals surface area contributed by atoms with Gasteiger partial charge in [-0.1, -0.05) is 169 Å². The monoisotopic (exact) mass is 782 g/mol. The Balaban J connectivity index is 1.09. The third kappa shape index (κ3) is 5.47. The quantitative estimate of drug-likeness (QED) is 0.174. The largest absolute Gasteiger partial charge is 0.256 e. The maximum atomic E-state index is 5.27. The van der Waals surface area contributed by atoms with Gasteiger partial charge in [-0.25, -0.2) is 15.0 Å². The van der Waals surface area contributed by atoms with Gasteiger partial charge in [-0.3, -0.25) is 4.98 Å². The summed E-state index contributed by atoms with van der Waals surface area (Å²) < 4.78 is 0. The van der Waals surface area contributed by atoms with E-state index in [-0.39, 0.29) is 0 Å². The highest BCUT2D eigenvalue weighted by atomic mass is 32.2. The predicted molar refractivity (Wildman–Crippen MR) is 244 cm³/mol. The lowest BCUT2D eigenvalue weighted by molar-refractivity contribution is 0.723. The first-order valence-corrected chi connectivity index (χ1v) is 21.0. The van der Waals surface area contributed by atoms with Crippen molar-refractivity contribution < 1.29 is 0 Å². The molecule has 0 saturated carbocycles. The van der Waals surface area contributed by atoms with Crippen molar-refractivity contribution in [1.82, 2.24) is 19.9 Å². The molecular weight excluding hydrogens is 749 g/mol. The Bertz CT molecular complexity index is 3260. The number of aromatic nitrogens is 4. The lowest BCUT2D eigenvalue weighted by Crippen LogP contribution is -2.32. The Morgan fingerprint density at radius 3 is 1.53 bits per heavy atom. The molecular formula is C55H34N4S. The van der Waals surface area contributed by atoms with Gasteiger partial charge in [0.1, 0.15) is 0 Å². The van der Waals surface area contributed by atoms with Crippen molar-refractivity contribution in [3.05, 3.63) is 229 Å². The Morgan fingerprint density at radius 2 is 0.833 bits per heavy atom. The summed E-state index contributed by atoms with van der Waals surface area (Å²) in [6.07, 6.45) is 1.87. The molecule has 0 amide bonds. The van der Waals surface area contributed by atoms with Crippen LogP contribution in [0.25, 0.3) is 78.4 Å². The maximum Gasteiger partial charge on any atom is 0.164 e. The van der Waals surface area contributed by atoms with Crippen molar-refractivity contribution in [2.24, 2.45) is 0 Å². The summed E-state index contributed by atoms with van der Waals surface area (Å²) in [5.41, 5.74) is 15.4. The number of hydrogen-bond donors (Lipinski definition) is 0. The summed E-state index contributed by atoms with van der Waals surface area (Å²) in [4.78, 5) is 22.8. The molecule has 280 valence electrons. The zero-order chi connectivity index (χ0) is 39.6. The molecule has 0 bridgehead atoms. The van der Waals surface area contributed by atoms with Crippen LogP contribution in [0.3, 0.4) is 0 Å². The van der Waals surface area contributed by atoms with E-state index in [1.54, 1.807) is 0 Å². The van der Waals surface area contributed by atoms with E-state index in [2.05, 4.69) is 170 Å². The van der Waals surface area contributed by atoms with Gasteiger partial charge in [0.05, 0.1) is 10.9 Å². The number of benzene rings is 8. The molecule has 2 aliphatic rings. The van der Waals surface area contributed by atoms with Gasteiger partial charge < -0.3 is 0 Å². The number of pyridine rings is 1. The first-order valence-electron chi connectivity index (χ1n) is 20.2. The molecule has 2 aromatic heterocycles. The summed E-state index contributed by atoms with van der Waals surface area (Å²) >= 11 is 1.84. The minimum Gasteiger partial charge on any atom is -0.256 e. The molecule has 8 aromatic carbocycles. The van der Waals surface area contributed by atoms with Crippen LogP contribution < -0.4 is 0 Å². The molecule has 1 aliphatic carbocycles. The van der Waals surface area contributed by atoms with Crippen LogP contribution in [-0.4, -0.2) is 19.9 Å². The number of fused-ring (bicyclic) bond motifs is 10. The van der Waals surface area contributed by atoms with Crippen molar-refractivity contribution in [3.8, 4) is 67.5 Å². The average Bonchev–Trinajstić information content (AvgIpc) is 3.62. The predicted octanol–water partition coefficient (Wildman–Crippen LogP) is 13.6. The summed E-state index contributed by atoms with van der Waals surface area (Å²) in [6.45, 7) is 0. The minimum atomic E-state index is -0.591. The highest BCUT2D eigenvalue weighted by molar-refractivity contribution is 7.99. The molecule has 12 rings (SSSR count). The zero-order valence-electron chi connectivity index (χ0n) is 32.3. The van der Waals surface area contributed by atoms with Crippen LogP contribution in [0.4, 0.5) is 0 Å². The molecule has 0 unspecified atom stereocenters. The van der Waals surface area contributed by atoms with Gasteiger partial charge in [-0.05, 0) is 98.1 Å². The molecule has 60 heavy (non-hydrogen) atoms. The van der Waals surface area contributed by atoms with E-state index in [1.165, 1.54) is 43.2 Å². The van der Waals surface area contributed by atoms with E-state index in [4.69, 9.17) is 19.9 Å². The molecule has 1 spiro atoms. The fourth-order valence-corrected chi connectivity index (χ4v) is 10.4. The van der Waals surface area contributed by atoms with E-state index in [0.29, 0.717) is 17.5 Å². The van der Waals surface area contributed by atoms with Crippen LogP contribution in [0.2, 0.25) is 0 Å². The van der Waals surface area contributed by atoms with E-state index in [1.807, 2.05) is 48.3 Å². The molecule has 0 N–H and O–H groups in total. The maximum absolute atomic E-state index is 5.27. The second-order valence-electron chi connectivity index (χ2n) is 15.4. The normalized spacial score (nSPS) is 13.1. The highest BCUT2D eigenvalue weighted by Crippen LogP contribution is 2.62. The molecule has 5 heteroatoms. The summed E-state index contributed by atoms with van der Waals surface area (Å²) in [7, 11) is 0. The molecule has 0 radical (unpaired) electrons. The Kier molecular flexibility index (Phi) is 7.97. The van der Waals surface area contributed by atoms with Gasteiger partial charge in [-0.2, -0.15) is 0 Å². The Hall–Kier alpha value is -7.47. The molecule has 0 saturated heterocycles. The van der Waals surface area contributed by atoms with Crippen LogP contribution in [0.5, 0.6) is 0 Å². The second kappa shape index (κ2) is 13.8. The van der Waals surface area contributed by atoms with Gasteiger partial charge in [0.2, 0.25) is 0 Å². The van der Waals surface area contributed by atoms with E-state index < -0.39 is 5.41 Å². The highest BCUT2D eigenvalue weighted by Gasteiger charge is 2.50. The zero-order valence-corrected chi connectivity index (χ0v) is 33.1.